The van der Waals surface area contributed by atoms with E-state index in [1.165, 1.54) is 31.4 Å². The molecule has 2 saturated heterocycles. The van der Waals surface area contributed by atoms with Crippen LogP contribution in [0, 0.1) is 11.7 Å². The molecule has 25 heavy (non-hydrogen) atoms. The summed E-state index contributed by atoms with van der Waals surface area (Å²) in [6.45, 7) is 5.55. The second-order valence-electron chi connectivity index (χ2n) is 7.16. The number of likely N-dealkylation sites (tertiary alicyclic amines) is 2. The maximum atomic E-state index is 12.8. The lowest BCUT2D eigenvalue weighted by molar-refractivity contribution is -0.138. The summed E-state index contributed by atoms with van der Waals surface area (Å²) in [7, 11) is 0. The van der Waals surface area contributed by atoms with Gasteiger partial charge in [0.2, 0.25) is 5.91 Å². The number of ether oxygens (including phenoxy) is 1. The van der Waals surface area contributed by atoms with Gasteiger partial charge in [-0.05, 0) is 75.9 Å². The monoisotopic (exact) mass is 348 g/mol. The molecule has 4 nitrogen and oxygen atoms in total. The van der Waals surface area contributed by atoms with Crippen molar-refractivity contribution in [3.05, 3.63) is 30.1 Å². The summed E-state index contributed by atoms with van der Waals surface area (Å²) >= 11 is 0. The molecule has 0 aliphatic carbocycles. The van der Waals surface area contributed by atoms with Crippen molar-refractivity contribution in [1.82, 2.24) is 9.80 Å². The lowest BCUT2D eigenvalue weighted by Crippen LogP contribution is -2.44. The molecule has 1 aromatic rings. The van der Waals surface area contributed by atoms with Crippen LogP contribution in [0.25, 0.3) is 0 Å². The Labute approximate surface area is 149 Å². The molecule has 0 radical (unpaired) electrons. The zero-order chi connectivity index (χ0) is 17.5. The fourth-order valence-electron chi connectivity index (χ4n) is 3.79. The molecule has 138 valence electrons. The van der Waals surface area contributed by atoms with Crippen molar-refractivity contribution in [2.24, 2.45) is 5.92 Å². The lowest BCUT2D eigenvalue weighted by Gasteiger charge is -2.35. The number of carbonyl (C=O) groups is 1. The molecule has 0 spiro atoms. The highest BCUT2D eigenvalue weighted by Crippen LogP contribution is 2.22. The molecule has 0 unspecified atom stereocenters. The molecule has 2 heterocycles. The van der Waals surface area contributed by atoms with Crippen LogP contribution in [0.2, 0.25) is 0 Å². The zero-order valence-corrected chi connectivity index (χ0v) is 15.0. The molecule has 1 aromatic carbocycles. The molecular weight excluding hydrogens is 319 g/mol. The third-order valence-corrected chi connectivity index (χ3v) is 5.31. The second kappa shape index (κ2) is 9.18. The van der Waals surface area contributed by atoms with E-state index < -0.39 is 0 Å². The minimum absolute atomic E-state index is 0.227. The zero-order valence-electron chi connectivity index (χ0n) is 15.0. The Balaban J connectivity index is 1.31. The summed E-state index contributed by atoms with van der Waals surface area (Å²) in [5.41, 5.74) is 0. The van der Waals surface area contributed by atoms with E-state index in [0.29, 0.717) is 18.3 Å². The molecule has 0 saturated carbocycles. The number of carbonyl (C=O) groups excluding carboxylic acids is 1. The number of rotatable bonds is 6. The molecular formula is C20H29FN2O2. The van der Waals surface area contributed by atoms with Gasteiger partial charge in [-0.3, -0.25) is 4.79 Å². The second-order valence-corrected chi connectivity index (χ2v) is 7.16. The largest absolute Gasteiger partial charge is 0.494 e. The third-order valence-electron chi connectivity index (χ3n) is 5.31. The fraction of sp³-hybridized carbons (Fsp3) is 0.650. The van der Waals surface area contributed by atoms with E-state index in [1.807, 2.05) is 0 Å². The number of nitrogens with zero attached hydrogens (tertiary/aromatic N) is 2. The quantitative estimate of drug-likeness (QED) is 0.740. The number of hydrogen-bond donors (Lipinski definition) is 0. The van der Waals surface area contributed by atoms with Crippen LogP contribution >= 0.6 is 0 Å². The highest BCUT2D eigenvalue weighted by molar-refractivity contribution is 5.79. The van der Waals surface area contributed by atoms with Gasteiger partial charge in [0.05, 0.1) is 6.61 Å². The number of halogens is 1. The third kappa shape index (κ3) is 5.43. The van der Waals surface area contributed by atoms with Crippen molar-refractivity contribution in [2.45, 2.75) is 38.5 Å². The Kier molecular flexibility index (Phi) is 6.68. The number of hydrogen-bond acceptors (Lipinski definition) is 3. The van der Waals surface area contributed by atoms with Crippen LogP contribution in [-0.2, 0) is 4.79 Å². The minimum Gasteiger partial charge on any atom is -0.494 e. The molecule has 0 bridgehead atoms. The van der Waals surface area contributed by atoms with E-state index in [4.69, 9.17) is 4.74 Å². The van der Waals surface area contributed by atoms with Crippen molar-refractivity contribution in [3.8, 4) is 5.75 Å². The molecule has 2 aliphatic rings. The highest BCUT2D eigenvalue weighted by atomic mass is 19.1. The topological polar surface area (TPSA) is 32.8 Å². The first-order valence-corrected chi connectivity index (χ1v) is 9.62. The average Bonchev–Trinajstić information content (AvgIpc) is 2.67. The van der Waals surface area contributed by atoms with Crippen LogP contribution in [-0.4, -0.2) is 55.0 Å². The first-order valence-electron chi connectivity index (χ1n) is 9.62. The first-order chi connectivity index (χ1) is 12.2. The smallest absolute Gasteiger partial charge is 0.225 e. The summed E-state index contributed by atoms with van der Waals surface area (Å²) in [5.74, 6) is 1.09. The Morgan fingerprint density at radius 1 is 1.04 bits per heavy atom. The first kappa shape index (κ1) is 18.2. The van der Waals surface area contributed by atoms with Crippen LogP contribution in [0.3, 0.4) is 0 Å². The SMILES string of the molecule is O=C(C1CCN(CCCOc2ccc(F)cc2)CC1)N1CCCCC1. The molecule has 0 atom stereocenters. The van der Waals surface area contributed by atoms with Gasteiger partial charge in [0, 0.05) is 25.6 Å². The van der Waals surface area contributed by atoms with E-state index in [1.54, 1.807) is 12.1 Å². The van der Waals surface area contributed by atoms with Crippen molar-refractivity contribution < 1.29 is 13.9 Å². The van der Waals surface area contributed by atoms with Crippen LogP contribution < -0.4 is 4.74 Å². The standard InChI is InChI=1S/C20H29FN2O2/c21-18-5-7-19(8-6-18)25-16-4-11-22-14-9-17(10-15-22)20(24)23-12-2-1-3-13-23/h5-8,17H,1-4,9-16H2. The van der Waals surface area contributed by atoms with Gasteiger partial charge >= 0.3 is 0 Å². The number of piperidine rings is 2. The predicted octanol–water partition coefficient (Wildman–Crippen LogP) is 3.32. The normalized spacial score (nSPS) is 19.8. The van der Waals surface area contributed by atoms with Crippen LogP contribution in [0.4, 0.5) is 4.39 Å². The fourth-order valence-corrected chi connectivity index (χ4v) is 3.79. The van der Waals surface area contributed by atoms with E-state index in [-0.39, 0.29) is 11.7 Å². The Morgan fingerprint density at radius 3 is 2.40 bits per heavy atom. The van der Waals surface area contributed by atoms with E-state index in [0.717, 1.165) is 52.0 Å². The van der Waals surface area contributed by atoms with Gasteiger partial charge in [-0.15, -0.1) is 0 Å². The number of benzene rings is 1. The molecule has 0 N–H and O–H groups in total. The number of amides is 1. The van der Waals surface area contributed by atoms with Crippen LogP contribution in [0.15, 0.2) is 24.3 Å². The summed E-state index contributed by atoms with van der Waals surface area (Å²) in [6, 6.07) is 6.15. The molecule has 1 amide bonds. The van der Waals surface area contributed by atoms with Gasteiger partial charge < -0.3 is 14.5 Å². The van der Waals surface area contributed by atoms with Gasteiger partial charge in [-0.25, -0.2) is 4.39 Å². The highest BCUT2D eigenvalue weighted by Gasteiger charge is 2.28. The average molecular weight is 348 g/mol. The minimum atomic E-state index is -0.241. The Morgan fingerprint density at radius 2 is 1.72 bits per heavy atom. The summed E-state index contributed by atoms with van der Waals surface area (Å²) in [5, 5.41) is 0. The summed E-state index contributed by atoms with van der Waals surface area (Å²) < 4.78 is 18.5. The van der Waals surface area contributed by atoms with Gasteiger partial charge in [0.1, 0.15) is 11.6 Å². The molecule has 5 heteroatoms. The summed E-state index contributed by atoms with van der Waals surface area (Å²) in [4.78, 5) is 17.1. The summed E-state index contributed by atoms with van der Waals surface area (Å²) in [6.07, 6.45) is 6.50. The van der Waals surface area contributed by atoms with E-state index >= 15 is 0 Å². The molecule has 3 rings (SSSR count). The molecule has 2 fully saturated rings. The van der Waals surface area contributed by atoms with E-state index in [9.17, 15) is 9.18 Å². The Hall–Kier alpha value is -1.62. The van der Waals surface area contributed by atoms with Gasteiger partial charge in [-0.2, -0.15) is 0 Å². The maximum absolute atomic E-state index is 12.8. The Bertz CT molecular complexity index is 535. The maximum Gasteiger partial charge on any atom is 0.225 e. The van der Waals surface area contributed by atoms with Crippen molar-refractivity contribution in [3.63, 3.8) is 0 Å². The molecule has 0 aromatic heterocycles. The van der Waals surface area contributed by atoms with Gasteiger partial charge in [0.25, 0.3) is 0 Å². The van der Waals surface area contributed by atoms with Gasteiger partial charge in [0.15, 0.2) is 0 Å². The van der Waals surface area contributed by atoms with Crippen molar-refractivity contribution in [2.75, 3.05) is 39.3 Å². The van der Waals surface area contributed by atoms with Crippen LogP contribution in [0.5, 0.6) is 5.75 Å². The lowest BCUT2D eigenvalue weighted by atomic mass is 9.94. The van der Waals surface area contributed by atoms with Gasteiger partial charge in [-0.1, -0.05) is 0 Å². The van der Waals surface area contributed by atoms with Crippen LogP contribution in [0.1, 0.15) is 38.5 Å². The molecule has 2 aliphatic heterocycles. The predicted molar refractivity (Wildman–Crippen MR) is 96.1 cm³/mol. The van der Waals surface area contributed by atoms with Crippen molar-refractivity contribution >= 4 is 5.91 Å². The van der Waals surface area contributed by atoms with E-state index in [2.05, 4.69) is 9.80 Å². The van der Waals surface area contributed by atoms with Crippen molar-refractivity contribution in [1.29, 1.82) is 0 Å².